The standard InChI is InChI=1S/C6H14O3.2C3H6O2S.3C2H4O2S.C2H6O2/c1-2-6(3-7,4-8)5-9;2*4-3(5)1-2-6;3*3-2(4)1-5;3-1-2-4/h7-9H,2-5H2,1H3;2*6H,1-2H2,(H,4,5);3*5H,1H2,(H,3,4);3-4H,1-2H2. The molecule has 244 valence electrons. The molecule has 0 aliphatic rings. The molecule has 0 atom stereocenters. The topological polar surface area (TPSA) is 288 Å². The number of hydrogen-bond donors (Lipinski definition) is 15. The van der Waals surface area contributed by atoms with Crippen molar-refractivity contribution < 1.29 is 75.0 Å². The van der Waals surface area contributed by atoms with Gasteiger partial charge in [-0.05, 0) is 6.42 Å². The van der Waals surface area contributed by atoms with Gasteiger partial charge in [-0.2, -0.15) is 63.1 Å². The van der Waals surface area contributed by atoms with Crippen molar-refractivity contribution in [3.63, 3.8) is 0 Å². The number of aliphatic hydroxyl groups excluding tert-OH is 5. The maximum absolute atomic E-state index is 9.55. The maximum Gasteiger partial charge on any atom is 0.313 e. The average molecular weight is 685 g/mol. The van der Waals surface area contributed by atoms with Crippen molar-refractivity contribution in [1.29, 1.82) is 0 Å². The van der Waals surface area contributed by atoms with E-state index in [-0.39, 0.29) is 63.1 Å². The summed E-state index contributed by atoms with van der Waals surface area (Å²) in [6.07, 6.45) is 0.905. The van der Waals surface area contributed by atoms with Crippen LogP contribution in [0.2, 0.25) is 0 Å². The lowest BCUT2D eigenvalue weighted by atomic mass is 9.88. The summed E-state index contributed by atoms with van der Waals surface area (Å²) in [6.45, 7) is 1.10. The van der Waals surface area contributed by atoms with Crippen LogP contribution in [0.1, 0.15) is 26.2 Å². The molecule has 0 aliphatic carbocycles. The molecule has 40 heavy (non-hydrogen) atoms. The monoisotopic (exact) mass is 684 g/mol. The molecule has 0 spiro atoms. The minimum atomic E-state index is -0.881. The van der Waals surface area contributed by atoms with Crippen molar-refractivity contribution in [2.75, 3.05) is 61.8 Å². The van der Waals surface area contributed by atoms with Crippen LogP contribution in [0.15, 0.2) is 0 Å². The van der Waals surface area contributed by atoms with Crippen LogP contribution in [0, 0.1) is 5.41 Å². The number of rotatable bonds is 12. The van der Waals surface area contributed by atoms with Crippen LogP contribution in [0.3, 0.4) is 0 Å². The van der Waals surface area contributed by atoms with Crippen LogP contribution >= 0.6 is 63.1 Å². The van der Waals surface area contributed by atoms with Gasteiger partial charge in [0, 0.05) is 16.9 Å². The highest BCUT2D eigenvalue weighted by atomic mass is 32.1. The molecule has 0 saturated carbocycles. The Bertz CT molecular complexity index is 512. The molecule has 0 radical (unpaired) electrons. The fourth-order valence-corrected chi connectivity index (χ4v) is 1.06. The number of hydrogen-bond acceptors (Lipinski definition) is 15. The highest BCUT2D eigenvalue weighted by molar-refractivity contribution is 7.81. The molecule has 20 heteroatoms. The van der Waals surface area contributed by atoms with E-state index in [4.69, 9.17) is 51.1 Å². The Morgan fingerprint density at radius 3 is 0.700 bits per heavy atom. The Morgan fingerprint density at radius 2 is 0.700 bits per heavy atom. The van der Waals surface area contributed by atoms with E-state index in [0.29, 0.717) is 17.9 Å². The minimum Gasteiger partial charge on any atom is -0.481 e. The summed E-state index contributed by atoms with van der Waals surface area (Å²) in [5.41, 5.74) is -0.667. The Kier molecular flexibility index (Phi) is 65.4. The number of aliphatic carboxylic acids is 5. The molecular formula is C20H44O15S5. The largest absolute Gasteiger partial charge is 0.481 e. The molecular weight excluding hydrogens is 641 g/mol. The predicted molar refractivity (Wildman–Crippen MR) is 165 cm³/mol. The number of carboxylic acid groups (broad SMARTS) is 5. The highest BCUT2D eigenvalue weighted by Crippen LogP contribution is 2.18. The Hall–Kier alpha value is -1.10. The van der Waals surface area contributed by atoms with Crippen molar-refractivity contribution >= 4 is 93.0 Å². The molecule has 0 unspecified atom stereocenters. The molecule has 0 aliphatic heterocycles. The quantitative estimate of drug-likeness (QED) is 0.111. The second-order valence-electron chi connectivity index (χ2n) is 6.17. The van der Waals surface area contributed by atoms with E-state index in [9.17, 15) is 24.0 Å². The van der Waals surface area contributed by atoms with Crippen LogP contribution in [-0.2, 0) is 24.0 Å². The van der Waals surface area contributed by atoms with Gasteiger partial charge in [0.2, 0.25) is 0 Å². The average Bonchev–Trinajstić information content (AvgIpc) is 2.92. The lowest BCUT2D eigenvalue weighted by Gasteiger charge is -2.24. The first-order chi connectivity index (χ1) is 18.5. The van der Waals surface area contributed by atoms with Crippen LogP contribution < -0.4 is 0 Å². The first kappa shape index (κ1) is 54.9. The summed E-state index contributed by atoms with van der Waals surface area (Å²) >= 11 is 17.6. The van der Waals surface area contributed by atoms with E-state index in [1.807, 2.05) is 6.92 Å². The zero-order chi connectivity index (χ0) is 33.6. The van der Waals surface area contributed by atoms with Crippen molar-refractivity contribution in [1.82, 2.24) is 0 Å². The molecule has 10 N–H and O–H groups in total. The van der Waals surface area contributed by atoms with Gasteiger partial charge in [0.15, 0.2) is 0 Å². The van der Waals surface area contributed by atoms with Gasteiger partial charge in [-0.15, -0.1) is 0 Å². The Balaban J connectivity index is -0.0000000646. The van der Waals surface area contributed by atoms with Gasteiger partial charge in [-0.25, -0.2) is 0 Å². The lowest BCUT2D eigenvalue weighted by molar-refractivity contribution is -0.137. The second-order valence-corrected chi connectivity index (χ2v) is 8.01. The number of thiol groups is 5. The van der Waals surface area contributed by atoms with Crippen LogP contribution in [-0.4, -0.2) is 143 Å². The van der Waals surface area contributed by atoms with E-state index < -0.39 is 35.3 Å². The Labute approximate surface area is 260 Å². The molecule has 0 aromatic rings. The first-order valence-electron chi connectivity index (χ1n) is 10.7. The number of carboxylic acids is 5. The van der Waals surface area contributed by atoms with E-state index in [2.05, 4.69) is 63.1 Å². The molecule has 15 nitrogen and oxygen atoms in total. The molecule has 0 saturated heterocycles. The number of aliphatic hydroxyl groups is 5. The van der Waals surface area contributed by atoms with Gasteiger partial charge in [0.1, 0.15) is 0 Å². The fourth-order valence-electron chi connectivity index (χ4n) is 0.677. The summed E-state index contributed by atoms with van der Waals surface area (Å²) in [4.78, 5) is 47.0. The molecule has 0 fully saturated rings. The molecule has 0 bridgehead atoms. The normalized spacial score (nSPS) is 8.68. The lowest BCUT2D eigenvalue weighted by Crippen LogP contribution is -2.32. The molecule has 0 aromatic heterocycles. The van der Waals surface area contributed by atoms with Crippen LogP contribution in [0.25, 0.3) is 0 Å². The third-order valence-corrected chi connectivity index (χ3v) is 4.17. The van der Waals surface area contributed by atoms with Crippen molar-refractivity contribution in [2.24, 2.45) is 5.41 Å². The van der Waals surface area contributed by atoms with Crippen molar-refractivity contribution in [2.45, 2.75) is 26.2 Å². The van der Waals surface area contributed by atoms with Gasteiger partial charge in [0.05, 0.1) is 63.1 Å². The summed E-state index contributed by atoms with van der Waals surface area (Å²) < 4.78 is 0. The second kappa shape index (κ2) is 47.7. The Morgan fingerprint density at radius 1 is 0.500 bits per heavy atom. The summed E-state index contributed by atoms with van der Waals surface area (Å²) in [6, 6.07) is 0. The summed E-state index contributed by atoms with van der Waals surface area (Å²) in [5, 5.41) is 79.9. The zero-order valence-electron chi connectivity index (χ0n) is 21.9. The maximum atomic E-state index is 9.55. The molecule has 0 rings (SSSR count). The van der Waals surface area contributed by atoms with Gasteiger partial charge < -0.3 is 51.1 Å². The highest BCUT2D eigenvalue weighted by Gasteiger charge is 2.24. The SMILES string of the molecule is CCC(CO)(CO)CO.O=C(O)CCS.O=C(O)CCS.O=C(O)CS.O=C(O)CS.O=C(O)CS.OCCO. The van der Waals surface area contributed by atoms with Crippen LogP contribution in [0.4, 0.5) is 0 Å². The zero-order valence-corrected chi connectivity index (χ0v) is 26.4. The third-order valence-electron chi connectivity index (χ3n) is 2.91. The van der Waals surface area contributed by atoms with E-state index in [1.54, 1.807) is 0 Å². The smallest absolute Gasteiger partial charge is 0.313 e. The first-order valence-corrected chi connectivity index (χ1v) is 13.9. The van der Waals surface area contributed by atoms with Gasteiger partial charge >= 0.3 is 29.8 Å². The van der Waals surface area contributed by atoms with Gasteiger partial charge in [-0.3, -0.25) is 24.0 Å². The third kappa shape index (κ3) is 83.3. The van der Waals surface area contributed by atoms with Crippen LogP contribution in [0.5, 0.6) is 0 Å². The molecule has 0 aromatic carbocycles. The summed E-state index contributed by atoms with van der Waals surface area (Å²) in [5.74, 6) is -3.62. The van der Waals surface area contributed by atoms with Gasteiger partial charge in [0.25, 0.3) is 0 Å². The van der Waals surface area contributed by atoms with E-state index >= 15 is 0 Å². The van der Waals surface area contributed by atoms with E-state index in [0.717, 1.165) is 0 Å². The predicted octanol–water partition coefficient (Wildman–Crippen LogP) is -0.885. The number of carbonyl (C=O) groups is 5. The summed E-state index contributed by atoms with van der Waals surface area (Å²) in [7, 11) is 0. The van der Waals surface area contributed by atoms with Crippen molar-refractivity contribution in [3.05, 3.63) is 0 Å². The minimum absolute atomic E-state index is 0.0833. The molecule has 0 amide bonds. The van der Waals surface area contributed by atoms with Gasteiger partial charge in [-0.1, -0.05) is 6.92 Å². The van der Waals surface area contributed by atoms with Crippen molar-refractivity contribution in [3.8, 4) is 0 Å². The van der Waals surface area contributed by atoms with E-state index in [1.165, 1.54) is 0 Å². The fraction of sp³-hybridized carbons (Fsp3) is 0.750. The molecule has 0 heterocycles.